The predicted octanol–water partition coefficient (Wildman–Crippen LogP) is 2.03. The molecule has 2 heterocycles. The third-order valence-electron chi connectivity index (χ3n) is 4.54. The first-order chi connectivity index (χ1) is 11.4. The van der Waals surface area contributed by atoms with Gasteiger partial charge in [0.05, 0.1) is 10.5 Å². The van der Waals surface area contributed by atoms with Crippen molar-refractivity contribution < 1.29 is 13.2 Å². The minimum absolute atomic E-state index is 0.00516. The number of H-pyrrole nitrogens is 1. The number of primary sulfonamides is 1. The van der Waals surface area contributed by atoms with Crippen LogP contribution in [0.15, 0.2) is 29.2 Å². The molecule has 124 valence electrons. The number of nitrogens with one attached hydrogen (secondary N) is 2. The maximum absolute atomic E-state index is 12.3. The number of nitrogens with two attached hydrogens (primary N) is 1. The van der Waals surface area contributed by atoms with Crippen LogP contribution in [0.4, 0.5) is 5.69 Å². The number of hydrogen-bond acceptors (Lipinski definition) is 3. The van der Waals surface area contributed by atoms with Gasteiger partial charge in [-0.25, -0.2) is 13.6 Å². The number of aromatic amines is 1. The number of aryl methyl sites for hydroxylation is 2. The van der Waals surface area contributed by atoms with E-state index in [4.69, 9.17) is 5.14 Å². The molecule has 0 atom stereocenters. The van der Waals surface area contributed by atoms with Gasteiger partial charge in [0.2, 0.25) is 10.0 Å². The van der Waals surface area contributed by atoms with Crippen molar-refractivity contribution in [2.75, 3.05) is 5.32 Å². The van der Waals surface area contributed by atoms with E-state index in [0.29, 0.717) is 16.8 Å². The van der Waals surface area contributed by atoms with Crippen LogP contribution in [-0.2, 0) is 27.7 Å². The second kappa shape index (κ2) is 5.32. The van der Waals surface area contributed by atoms with Gasteiger partial charge in [0.25, 0.3) is 5.91 Å². The highest BCUT2D eigenvalue weighted by atomic mass is 32.2. The first kappa shape index (κ1) is 15.2. The van der Waals surface area contributed by atoms with Crippen LogP contribution in [0.3, 0.4) is 0 Å². The number of sulfonamides is 1. The molecule has 7 heteroatoms. The molecule has 2 aliphatic rings. The maximum Gasteiger partial charge on any atom is 0.256 e. The fraction of sp³-hybridized carbons (Fsp3) is 0.235. The quantitative estimate of drug-likeness (QED) is 0.727. The van der Waals surface area contributed by atoms with Crippen molar-refractivity contribution in [3.63, 3.8) is 0 Å². The zero-order valence-electron chi connectivity index (χ0n) is 12.9. The molecule has 0 spiro atoms. The van der Waals surface area contributed by atoms with Crippen molar-refractivity contribution >= 4 is 33.3 Å². The van der Waals surface area contributed by atoms with E-state index in [9.17, 15) is 13.2 Å². The fourth-order valence-electron chi connectivity index (χ4n) is 3.35. The number of hydrogen-bond donors (Lipinski definition) is 3. The Labute approximate surface area is 139 Å². The summed E-state index contributed by atoms with van der Waals surface area (Å²) in [6.07, 6.45) is 6.20. The van der Waals surface area contributed by atoms with Crippen LogP contribution < -0.4 is 10.5 Å². The summed E-state index contributed by atoms with van der Waals surface area (Å²) in [5, 5.41) is 7.94. The van der Waals surface area contributed by atoms with Crippen LogP contribution in [-0.4, -0.2) is 19.3 Å². The van der Waals surface area contributed by atoms with Crippen LogP contribution in [0.2, 0.25) is 0 Å². The third-order valence-corrected chi connectivity index (χ3v) is 5.45. The summed E-state index contributed by atoms with van der Waals surface area (Å²) < 4.78 is 23.1. The second-order valence-corrected chi connectivity index (χ2v) is 7.76. The number of aromatic nitrogens is 1. The Kier molecular flexibility index (Phi) is 3.36. The Morgan fingerprint density at radius 2 is 1.92 bits per heavy atom. The molecular weight excluding hydrogens is 326 g/mol. The fourth-order valence-corrected chi connectivity index (χ4v) is 3.89. The Bertz CT molecular complexity index is 963. The van der Waals surface area contributed by atoms with E-state index >= 15 is 0 Å². The molecule has 24 heavy (non-hydrogen) atoms. The zero-order valence-corrected chi connectivity index (χ0v) is 13.7. The summed E-state index contributed by atoms with van der Waals surface area (Å²) >= 11 is 0. The van der Waals surface area contributed by atoms with E-state index in [1.54, 1.807) is 12.1 Å². The molecule has 0 saturated carbocycles. The number of anilines is 1. The Morgan fingerprint density at radius 3 is 2.67 bits per heavy atom. The van der Waals surface area contributed by atoms with E-state index in [2.05, 4.69) is 16.4 Å². The topological polar surface area (TPSA) is 105 Å². The van der Waals surface area contributed by atoms with Crippen LogP contribution in [0.5, 0.6) is 0 Å². The highest BCUT2D eigenvalue weighted by Crippen LogP contribution is 2.35. The summed E-state index contributed by atoms with van der Waals surface area (Å²) in [4.78, 5) is 15.6. The van der Waals surface area contributed by atoms with Gasteiger partial charge >= 0.3 is 0 Å². The molecule has 0 unspecified atom stereocenters. The highest BCUT2D eigenvalue weighted by Gasteiger charge is 2.26. The molecule has 0 fully saturated rings. The minimum Gasteiger partial charge on any atom is -0.359 e. The average molecular weight is 343 g/mol. The number of rotatable bonds is 2. The first-order valence-corrected chi connectivity index (χ1v) is 9.37. The summed E-state index contributed by atoms with van der Waals surface area (Å²) in [5.41, 5.74) is 4.97. The molecule has 0 radical (unpaired) electrons. The van der Waals surface area contributed by atoms with E-state index in [1.165, 1.54) is 36.2 Å². The van der Waals surface area contributed by atoms with Gasteiger partial charge in [0, 0.05) is 22.6 Å². The summed E-state index contributed by atoms with van der Waals surface area (Å²) in [7, 11) is -3.81. The highest BCUT2D eigenvalue weighted by molar-refractivity contribution is 7.89. The summed E-state index contributed by atoms with van der Waals surface area (Å²) in [6.45, 7) is 0. The Balaban J connectivity index is 1.79. The largest absolute Gasteiger partial charge is 0.359 e. The van der Waals surface area contributed by atoms with Gasteiger partial charge in [0.1, 0.15) is 0 Å². The van der Waals surface area contributed by atoms with Gasteiger partial charge in [0.15, 0.2) is 0 Å². The number of benzene rings is 1. The van der Waals surface area contributed by atoms with Gasteiger partial charge in [-0.05, 0) is 61.6 Å². The molecule has 1 aliphatic heterocycles. The zero-order chi connectivity index (χ0) is 16.9. The van der Waals surface area contributed by atoms with E-state index < -0.39 is 10.0 Å². The van der Waals surface area contributed by atoms with E-state index in [0.717, 1.165) is 18.5 Å². The Morgan fingerprint density at radius 1 is 1.12 bits per heavy atom. The monoisotopic (exact) mass is 343 g/mol. The number of carbonyl (C=O) groups excluding carboxylic acids is 1. The molecule has 2 aromatic rings. The van der Waals surface area contributed by atoms with Crippen LogP contribution in [0, 0.1) is 0 Å². The SMILES string of the molecule is NS(=O)(=O)c1ccc2c(c1)/C(=C/c1cc3c([nH]1)CCCC3)C(=O)N2. The van der Waals surface area contributed by atoms with Crippen LogP contribution >= 0.6 is 0 Å². The molecule has 0 bridgehead atoms. The van der Waals surface area contributed by atoms with E-state index in [-0.39, 0.29) is 10.8 Å². The predicted molar refractivity (Wildman–Crippen MR) is 91.8 cm³/mol. The normalized spacial score (nSPS) is 18.4. The molecule has 1 aromatic carbocycles. The van der Waals surface area contributed by atoms with E-state index in [1.807, 2.05) is 0 Å². The van der Waals surface area contributed by atoms with Crippen molar-refractivity contribution in [2.45, 2.75) is 30.6 Å². The summed E-state index contributed by atoms with van der Waals surface area (Å²) in [5.74, 6) is -0.246. The smallest absolute Gasteiger partial charge is 0.256 e. The van der Waals surface area contributed by atoms with Gasteiger partial charge in [-0.3, -0.25) is 4.79 Å². The van der Waals surface area contributed by atoms with Gasteiger partial charge in [-0.2, -0.15) is 0 Å². The van der Waals surface area contributed by atoms with Crippen molar-refractivity contribution in [1.29, 1.82) is 0 Å². The van der Waals surface area contributed by atoms with Crippen molar-refractivity contribution in [2.24, 2.45) is 5.14 Å². The molecule has 6 nitrogen and oxygen atoms in total. The molecule has 0 saturated heterocycles. The first-order valence-electron chi connectivity index (χ1n) is 7.83. The lowest BCUT2D eigenvalue weighted by Crippen LogP contribution is -2.12. The summed E-state index contributed by atoms with van der Waals surface area (Å²) in [6, 6.07) is 6.46. The Hall–Kier alpha value is -2.38. The van der Waals surface area contributed by atoms with Gasteiger partial charge < -0.3 is 10.3 Å². The average Bonchev–Trinajstić information content (AvgIpc) is 3.07. The van der Waals surface area contributed by atoms with Crippen molar-refractivity contribution in [3.8, 4) is 0 Å². The van der Waals surface area contributed by atoms with Gasteiger partial charge in [-0.15, -0.1) is 0 Å². The van der Waals surface area contributed by atoms with Gasteiger partial charge in [-0.1, -0.05) is 0 Å². The minimum atomic E-state index is -3.81. The number of amides is 1. The molecule has 1 aromatic heterocycles. The second-order valence-electron chi connectivity index (χ2n) is 6.20. The number of fused-ring (bicyclic) bond motifs is 2. The van der Waals surface area contributed by atoms with Crippen molar-refractivity contribution in [3.05, 3.63) is 46.8 Å². The molecule has 1 amide bonds. The van der Waals surface area contributed by atoms with Crippen molar-refractivity contribution in [1.82, 2.24) is 4.98 Å². The lowest BCUT2D eigenvalue weighted by atomic mass is 9.98. The lowest BCUT2D eigenvalue weighted by Gasteiger charge is -2.08. The van der Waals surface area contributed by atoms with Crippen LogP contribution in [0.1, 0.15) is 35.4 Å². The molecule has 4 rings (SSSR count). The lowest BCUT2D eigenvalue weighted by molar-refractivity contribution is -0.110. The standard InChI is InChI=1S/C17H17N3O3S/c18-24(22,23)12-5-6-16-13(9-12)14(17(21)20-16)8-11-7-10-3-1-2-4-15(10)19-11/h5-9,19H,1-4H2,(H,20,21)(H2,18,22,23)/b14-8-. The molecule has 1 aliphatic carbocycles. The molecule has 4 N–H and O–H groups in total. The molecular formula is C17H17N3O3S. The van der Waals surface area contributed by atoms with Crippen LogP contribution in [0.25, 0.3) is 11.6 Å². The maximum atomic E-state index is 12.3. The third kappa shape index (κ3) is 2.55. The number of carbonyl (C=O) groups is 1.